The molecule has 0 saturated carbocycles. The van der Waals surface area contributed by atoms with Crippen molar-refractivity contribution in [3.8, 4) is 0 Å². The van der Waals surface area contributed by atoms with Crippen molar-refractivity contribution in [2.75, 3.05) is 18.1 Å². The van der Waals surface area contributed by atoms with Gasteiger partial charge in [0.1, 0.15) is 0 Å². The second kappa shape index (κ2) is 5.01. The van der Waals surface area contributed by atoms with E-state index in [2.05, 4.69) is 15.5 Å². The maximum absolute atomic E-state index is 10.2. The molecule has 1 aromatic rings. The van der Waals surface area contributed by atoms with E-state index in [1.165, 1.54) is 0 Å². The Labute approximate surface area is 93.8 Å². The second-order valence-corrected chi connectivity index (χ2v) is 5.25. The fraction of sp³-hybridized carbons (Fsp3) is 0.700. The Morgan fingerprint density at radius 3 is 3.00 bits per heavy atom. The third-order valence-electron chi connectivity index (χ3n) is 2.75. The van der Waals surface area contributed by atoms with Crippen LogP contribution in [0, 0.1) is 0 Å². The van der Waals surface area contributed by atoms with E-state index in [0.29, 0.717) is 6.54 Å². The number of thioether (sulfide) groups is 1. The quantitative estimate of drug-likeness (QED) is 0.710. The van der Waals surface area contributed by atoms with Crippen molar-refractivity contribution >= 4 is 11.8 Å². The third kappa shape index (κ3) is 3.22. The first-order chi connectivity index (χ1) is 7.29. The highest BCUT2D eigenvalue weighted by Crippen LogP contribution is 2.26. The molecule has 5 heteroatoms. The van der Waals surface area contributed by atoms with Crippen LogP contribution < -0.4 is 5.32 Å². The minimum Gasteiger partial charge on any atom is -0.389 e. The molecule has 1 aliphatic rings. The molecular formula is C10H17N3OS. The van der Waals surface area contributed by atoms with Gasteiger partial charge >= 0.3 is 0 Å². The zero-order chi connectivity index (χ0) is 10.6. The topological polar surface area (TPSA) is 60.9 Å². The summed E-state index contributed by atoms with van der Waals surface area (Å²) in [5.74, 6) is 2.14. The number of hydrogen-bond donors (Lipinski definition) is 3. The Balaban J connectivity index is 1.72. The molecule has 15 heavy (non-hydrogen) atoms. The first kappa shape index (κ1) is 11.0. The highest BCUT2D eigenvalue weighted by atomic mass is 32.2. The van der Waals surface area contributed by atoms with E-state index in [0.717, 1.165) is 36.6 Å². The minimum absolute atomic E-state index is 0.495. The Kier molecular flexibility index (Phi) is 3.66. The lowest BCUT2D eigenvalue weighted by atomic mass is 9.97. The number of H-pyrrole nitrogens is 1. The number of aromatic nitrogens is 2. The van der Waals surface area contributed by atoms with Crippen LogP contribution in [0.1, 0.15) is 18.5 Å². The molecule has 84 valence electrons. The number of rotatable bonds is 4. The summed E-state index contributed by atoms with van der Waals surface area (Å²) in [6.45, 7) is 1.42. The molecule has 1 aromatic heterocycles. The first-order valence-corrected chi connectivity index (χ1v) is 6.43. The number of nitrogens with one attached hydrogen (secondary N) is 2. The van der Waals surface area contributed by atoms with Crippen molar-refractivity contribution in [2.24, 2.45) is 0 Å². The van der Waals surface area contributed by atoms with Crippen LogP contribution in [0.4, 0.5) is 0 Å². The van der Waals surface area contributed by atoms with Crippen LogP contribution in [0.3, 0.4) is 0 Å². The predicted octanol–water partition coefficient (Wildman–Crippen LogP) is 0.757. The van der Waals surface area contributed by atoms with Gasteiger partial charge in [-0.2, -0.15) is 16.9 Å². The van der Waals surface area contributed by atoms with Gasteiger partial charge in [0.25, 0.3) is 0 Å². The summed E-state index contributed by atoms with van der Waals surface area (Å²) in [7, 11) is 0. The molecule has 0 atom stereocenters. The van der Waals surface area contributed by atoms with Crippen molar-refractivity contribution < 1.29 is 5.11 Å². The lowest BCUT2D eigenvalue weighted by Gasteiger charge is -2.31. The van der Waals surface area contributed by atoms with Crippen LogP contribution in [0.15, 0.2) is 12.3 Å². The SMILES string of the molecule is OC1(CNCc2ccn[nH]2)CCSCC1. The molecule has 0 unspecified atom stereocenters. The zero-order valence-corrected chi connectivity index (χ0v) is 9.52. The molecule has 1 fully saturated rings. The summed E-state index contributed by atoms with van der Waals surface area (Å²) in [5, 5.41) is 20.2. The average molecular weight is 227 g/mol. The maximum Gasteiger partial charge on any atom is 0.0787 e. The molecule has 0 amide bonds. The number of nitrogens with zero attached hydrogens (tertiary/aromatic N) is 1. The van der Waals surface area contributed by atoms with E-state index in [1.807, 2.05) is 17.8 Å². The molecule has 0 spiro atoms. The summed E-state index contributed by atoms with van der Waals surface area (Å²) in [6, 6.07) is 1.94. The third-order valence-corrected chi connectivity index (χ3v) is 3.74. The largest absolute Gasteiger partial charge is 0.389 e. The lowest BCUT2D eigenvalue weighted by Crippen LogP contribution is -2.43. The fourth-order valence-corrected chi connectivity index (χ4v) is 2.99. The Bertz CT molecular complexity index is 283. The summed E-state index contributed by atoms with van der Waals surface area (Å²) in [6.07, 6.45) is 3.53. The molecule has 0 aromatic carbocycles. The molecule has 3 N–H and O–H groups in total. The Hall–Kier alpha value is -0.520. The van der Waals surface area contributed by atoms with Crippen molar-refractivity contribution in [1.29, 1.82) is 0 Å². The minimum atomic E-state index is -0.495. The van der Waals surface area contributed by atoms with Gasteiger partial charge in [-0.25, -0.2) is 0 Å². The van der Waals surface area contributed by atoms with Crippen LogP contribution >= 0.6 is 11.8 Å². The van der Waals surface area contributed by atoms with Crippen molar-refractivity contribution in [3.05, 3.63) is 18.0 Å². The molecule has 0 aliphatic carbocycles. The summed E-state index contributed by atoms with van der Waals surface area (Å²) < 4.78 is 0. The van der Waals surface area contributed by atoms with Gasteiger partial charge in [0.2, 0.25) is 0 Å². The van der Waals surface area contributed by atoms with E-state index in [4.69, 9.17) is 0 Å². The summed E-state index contributed by atoms with van der Waals surface area (Å²) >= 11 is 1.92. The predicted molar refractivity (Wildman–Crippen MR) is 61.8 cm³/mol. The standard InChI is InChI=1S/C10H17N3OS/c14-10(2-5-15-6-3-10)8-11-7-9-1-4-12-13-9/h1,4,11,14H,2-3,5-8H2,(H,12,13). The summed E-state index contributed by atoms with van der Waals surface area (Å²) in [4.78, 5) is 0. The number of aliphatic hydroxyl groups is 1. The normalized spacial score (nSPS) is 20.3. The molecule has 1 aliphatic heterocycles. The maximum atomic E-state index is 10.2. The molecule has 0 radical (unpaired) electrons. The van der Waals surface area contributed by atoms with E-state index in [-0.39, 0.29) is 0 Å². The van der Waals surface area contributed by atoms with Gasteiger partial charge in [-0.05, 0) is 30.4 Å². The van der Waals surface area contributed by atoms with Gasteiger partial charge in [-0.1, -0.05) is 0 Å². The van der Waals surface area contributed by atoms with Crippen LogP contribution in [0.2, 0.25) is 0 Å². The lowest BCUT2D eigenvalue weighted by molar-refractivity contribution is 0.0319. The van der Waals surface area contributed by atoms with Crippen molar-refractivity contribution in [2.45, 2.75) is 25.0 Å². The molecular weight excluding hydrogens is 210 g/mol. The monoisotopic (exact) mass is 227 g/mol. The van der Waals surface area contributed by atoms with E-state index < -0.39 is 5.60 Å². The van der Waals surface area contributed by atoms with Gasteiger partial charge in [0.15, 0.2) is 0 Å². The molecule has 0 bridgehead atoms. The fourth-order valence-electron chi connectivity index (χ4n) is 1.74. The summed E-state index contributed by atoms with van der Waals surface area (Å²) in [5.41, 5.74) is 0.564. The van der Waals surface area contributed by atoms with Crippen LogP contribution in [-0.4, -0.2) is 39.0 Å². The first-order valence-electron chi connectivity index (χ1n) is 5.28. The average Bonchev–Trinajstić information content (AvgIpc) is 2.71. The molecule has 2 heterocycles. The highest BCUT2D eigenvalue weighted by Gasteiger charge is 2.28. The van der Waals surface area contributed by atoms with Gasteiger partial charge in [0, 0.05) is 25.0 Å². The van der Waals surface area contributed by atoms with Crippen LogP contribution in [0.5, 0.6) is 0 Å². The zero-order valence-electron chi connectivity index (χ0n) is 8.70. The second-order valence-electron chi connectivity index (χ2n) is 4.02. The highest BCUT2D eigenvalue weighted by molar-refractivity contribution is 7.99. The van der Waals surface area contributed by atoms with E-state index in [9.17, 15) is 5.11 Å². The number of hydrogen-bond acceptors (Lipinski definition) is 4. The van der Waals surface area contributed by atoms with Gasteiger partial charge in [0.05, 0.1) is 5.60 Å². The van der Waals surface area contributed by atoms with E-state index >= 15 is 0 Å². The molecule has 1 saturated heterocycles. The smallest absolute Gasteiger partial charge is 0.0787 e. The Morgan fingerprint density at radius 1 is 1.53 bits per heavy atom. The molecule has 2 rings (SSSR count). The van der Waals surface area contributed by atoms with Crippen molar-refractivity contribution in [3.63, 3.8) is 0 Å². The van der Waals surface area contributed by atoms with Gasteiger partial charge in [-0.3, -0.25) is 5.10 Å². The van der Waals surface area contributed by atoms with Crippen molar-refractivity contribution in [1.82, 2.24) is 15.5 Å². The van der Waals surface area contributed by atoms with E-state index in [1.54, 1.807) is 6.20 Å². The number of aromatic amines is 1. The van der Waals surface area contributed by atoms with Gasteiger partial charge in [-0.15, -0.1) is 0 Å². The van der Waals surface area contributed by atoms with Gasteiger partial charge < -0.3 is 10.4 Å². The van der Waals surface area contributed by atoms with Crippen LogP contribution in [-0.2, 0) is 6.54 Å². The molecule has 4 nitrogen and oxygen atoms in total. The Morgan fingerprint density at radius 2 is 2.33 bits per heavy atom. The van der Waals surface area contributed by atoms with Crippen LogP contribution in [0.25, 0.3) is 0 Å².